The molecule has 8 nitrogen and oxygen atoms in total. The minimum atomic E-state index is -2.53. The zero-order valence-corrected chi connectivity index (χ0v) is 15.8. The van der Waals surface area contributed by atoms with Crippen LogP contribution in [0.15, 0.2) is 41.6 Å². The maximum absolute atomic E-state index is 12.7. The average molecular weight is 409 g/mol. The Kier molecular flexibility index (Phi) is 5.36. The maximum Gasteiger partial charge on any atom is 0.325 e. The highest BCUT2D eigenvalue weighted by atomic mass is 32.2. The predicted molar refractivity (Wildman–Crippen MR) is 97.7 cm³/mol. The van der Waals surface area contributed by atoms with Gasteiger partial charge >= 0.3 is 6.03 Å². The molecule has 11 heteroatoms. The Bertz CT molecular complexity index is 918. The molecule has 28 heavy (non-hydrogen) atoms. The molecule has 148 valence electrons. The topological polar surface area (TPSA) is 96.3 Å². The lowest BCUT2D eigenvalue weighted by Gasteiger charge is -2.19. The molecule has 0 aliphatic carbocycles. The SMILES string of the molecule is Cn1cc(C2(C)NC(=O)N(CC(=O)Nc3ccc(SC(F)F)cc3)C2=O)cn1. The summed E-state index contributed by atoms with van der Waals surface area (Å²) in [6.45, 7) is 1.07. The van der Waals surface area contributed by atoms with Gasteiger partial charge in [-0.3, -0.25) is 19.2 Å². The molecular weight excluding hydrogens is 392 g/mol. The predicted octanol–water partition coefficient (Wildman–Crippen LogP) is 2.14. The third kappa shape index (κ3) is 3.98. The Morgan fingerprint density at radius 1 is 1.32 bits per heavy atom. The zero-order valence-electron chi connectivity index (χ0n) is 15.0. The molecule has 1 atom stereocenters. The van der Waals surface area contributed by atoms with Crippen molar-refractivity contribution in [1.82, 2.24) is 20.0 Å². The number of carbonyl (C=O) groups is 3. The van der Waals surface area contributed by atoms with Crippen molar-refractivity contribution in [2.24, 2.45) is 7.05 Å². The fourth-order valence-electron chi connectivity index (χ4n) is 2.78. The summed E-state index contributed by atoms with van der Waals surface area (Å²) < 4.78 is 26.2. The van der Waals surface area contributed by atoms with Gasteiger partial charge in [-0.1, -0.05) is 11.8 Å². The number of hydrogen-bond donors (Lipinski definition) is 2. The molecule has 1 aromatic heterocycles. The van der Waals surface area contributed by atoms with Crippen LogP contribution in [0.2, 0.25) is 0 Å². The highest BCUT2D eigenvalue weighted by Crippen LogP contribution is 2.29. The number of nitrogens with zero attached hydrogens (tertiary/aromatic N) is 3. The number of rotatable bonds is 6. The van der Waals surface area contributed by atoms with Crippen molar-refractivity contribution in [3.8, 4) is 0 Å². The van der Waals surface area contributed by atoms with Gasteiger partial charge in [0.1, 0.15) is 12.1 Å². The van der Waals surface area contributed by atoms with Crippen LogP contribution in [-0.4, -0.2) is 44.8 Å². The Hall–Kier alpha value is -2.95. The van der Waals surface area contributed by atoms with E-state index in [2.05, 4.69) is 15.7 Å². The van der Waals surface area contributed by atoms with Crippen molar-refractivity contribution in [2.45, 2.75) is 23.1 Å². The van der Waals surface area contributed by atoms with Gasteiger partial charge < -0.3 is 10.6 Å². The minimum absolute atomic E-state index is 0.356. The number of anilines is 1. The number of aromatic nitrogens is 2. The molecule has 1 aliphatic heterocycles. The monoisotopic (exact) mass is 409 g/mol. The molecule has 1 saturated heterocycles. The minimum Gasteiger partial charge on any atom is -0.325 e. The fraction of sp³-hybridized carbons (Fsp3) is 0.294. The van der Waals surface area contributed by atoms with E-state index in [1.165, 1.54) is 35.1 Å². The third-order valence-corrected chi connectivity index (χ3v) is 4.94. The van der Waals surface area contributed by atoms with E-state index in [4.69, 9.17) is 0 Å². The molecule has 4 amide bonds. The number of nitrogens with one attached hydrogen (secondary N) is 2. The fourth-order valence-corrected chi connectivity index (χ4v) is 3.28. The van der Waals surface area contributed by atoms with Crippen molar-refractivity contribution >= 4 is 35.3 Å². The molecule has 2 N–H and O–H groups in total. The maximum atomic E-state index is 12.7. The van der Waals surface area contributed by atoms with Gasteiger partial charge in [-0.2, -0.15) is 13.9 Å². The number of benzene rings is 1. The van der Waals surface area contributed by atoms with Crippen molar-refractivity contribution in [3.63, 3.8) is 0 Å². The highest BCUT2D eigenvalue weighted by molar-refractivity contribution is 7.99. The van der Waals surface area contributed by atoms with Gasteiger partial charge in [0.15, 0.2) is 0 Å². The van der Waals surface area contributed by atoms with E-state index in [9.17, 15) is 23.2 Å². The van der Waals surface area contributed by atoms with Crippen LogP contribution < -0.4 is 10.6 Å². The lowest BCUT2D eigenvalue weighted by atomic mass is 9.95. The van der Waals surface area contributed by atoms with Gasteiger partial charge in [-0.25, -0.2) is 4.79 Å². The second kappa shape index (κ2) is 7.58. The number of halogens is 2. The average Bonchev–Trinajstić information content (AvgIpc) is 3.14. The summed E-state index contributed by atoms with van der Waals surface area (Å²) in [7, 11) is 1.68. The summed E-state index contributed by atoms with van der Waals surface area (Å²) in [4.78, 5) is 38.4. The van der Waals surface area contributed by atoms with Crippen molar-refractivity contribution in [1.29, 1.82) is 0 Å². The second-order valence-electron chi connectivity index (χ2n) is 6.30. The summed E-state index contributed by atoms with van der Waals surface area (Å²) >= 11 is 0.393. The molecule has 2 aromatic rings. The Morgan fingerprint density at radius 2 is 2.00 bits per heavy atom. The molecule has 0 bridgehead atoms. The number of thioether (sulfide) groups is 1. The molecule has 1 unspecified atom stereocenters. The van der Waals surface area contributed by atoms with Crippen LogP contribution >= 0.6 is 11.8 Å². The van der Waals surface area contributed by atoms with Gasteiger partial charge in [0.2, 0.25) is 5.91 Å². The molecule has 0 radical (unpaired) electrons. The summed E-state index contributed by atoms with van der Waals surface area (Å²) in [6.07, 6.45) is 3.08. The number of hydrogen-bond acceptors (Lipinski definition) is 5. The van der Waals surface area contributed by atoms with Crippen LogP contribution in [0.25, 0.3) is 0 Å². The first kappa shape index (κ1) is 19.8. The first-order valence-electron chi connectivity index (χ1n) is 8.17. The lowest BCUT2D eigenvalue weighted by Crippen LogP contribution is -2.42. The van der Waals surface area contributed by atoms with Crippen molar-refractivity contribution in [2.75, 3.05) is 11.9 Å². The van der Waals surface area contributed by atoms with Gasteiger partial charge in [-0.05, 0) is 31.2 Å². The van der Waals surface area contributed by atoms with E-state index in [-0.39, 0.29) is 0 Å². The number of alkyl halides is 2. The molecule has 1 fully saturated rings. The van der Waals surface area contributed by atoms with Crippen LogP contribution in [0.1, 0.15) is 12.5 Å². The number of imide groups is 1. The first-order chi connectivity index (χ1) is 13.2. The Balaban J connectivity index is 1.65. The van der Waals surface area contributed by atoms with Gasteiger partial charge in [0.05, 0.1) is 6.20 Å². The van der Waals surface area contributed by atoms with E-state index in [0.717, 1.165) is 4.90 Å². The van der Waals surface area contributed by atoms with Crippen LogP contribution in [0.3, 0.4) is 0 Å². The molecular formula is C17H17F2N5O3S. The van der Waals surface area contributed by atoms with E-state index in [0.29, 0.717) is 27.9 Å². The second-order valence-corrected chi connectivity index (χ2v) is 7.36. The largest absolute Gasteiger partial charge is 0.325 e. The quantitative estimate of drug-likeness (QED) is 0.563. The highest BCUT2D eigenvalue weighted by Gasteiger charge is 2.50. The van der Waals surface area contributed by atoms with Crippen molar-refractivity contribution < 1.29 is 23.2 Å². The number of aryl methyl sites for hydroxylation is 1. The standard InChI is InChI=1S/C17H17F2N5O3S/c1-17(10-7-20-23(2)8-10)14(26)24(16(27)22-17)9-13(25)21-11-3-5-12(6-4-11)28-15(18)19/h3-8,15H,9H2,1-2H3,(H,21,25)(H,22,27). The van der Waals surface area contributed by atoms with Gasteiger partial charge in [-0.15, -0.1) is 0 Å². The van der Waals surface area contributed by atoms with Gasteiger partial charge in [0, 0.05) is 29.4 Å². The molecule has 1 aliphatic rings. The van der Waals surface area contributed by atoms with Crippen LogP contribution in [0.4, 0.5) is 19.3 Å². The number of carbonyl (C=O) groups excluding carboxylic acids is 3. The molecule has 0 saturated carbocycles. The third-order valence-electron chi connectivity index (χ3n) is 4.22. The van der Waals surface area contributed by atoms with Crippen LogP contribution in [0, 0.1) is 0 Å². The number of urea groups is 1. The van der Waals surface area contributed by atoms with E-state index >= 15 is 0 Å². The lowest BCUT2D eigenvalue weighted by molar-refractivity contribution is -0.133. The van der Waals surface area contributed by atoms with E-state index < -0.39 is 35.7 Å². The molecule has 1 aromatic carbocycles. The van der Waals surface area contributed by atoms with Gasteiger partial charge in [0.25, 0.3) is 11.7 Å². The zero-order chi connectivity index (χ0) is 20.5. The van der Waals surface area contributed by atoms with E-state index in [1.54, 1.807) is 20.2 Å². The molecule has 0 spiro atoms. The summed E-state index contributed by atoms with van der Waals surface area (Å²) in [6, 6.07) is 5.14. The van der Waals surface area contributed by atoms with Crippen molar-refractivity contribution in [3.05, 3.63) is 42.2 Å². The smallest absolute Gasteiger partial charge is 0.325 e. The van der Waals surface area contributed by atoms with Crippen LogP contribution in [-0.2, 0) is 22.2 Å². The Morgan fingerprint density at radius 3 is 2.57 bits per heavy atom. The Labute approximate surface area is 163 Å². The normalized spacial score (nSPS) is 19.2. The number of amides is 4. The summed E-state index contributed by atoms with van der Waals surface area (Å²) in [5, 5.41) is 9.12. The molecule has 3 rings (SSSR count). The van der Waals surface area contributed by atoms with Crippen LogP contribution in [0.5, 0.6) is 0 Å². The summed E-state index contributed by atoms with van der Waals surface area (Å²) in [5.74, 6) is -3.69. The molecule has 2 heterocycles. The first-order valence-corrected chi connectivity index (χ1v) is 9.05. The van der Waals surface area contributed by atoms with E-state index in [1.807, 2.05) is 0 Å². The summed E-state index contributed by atoms with van der Waals surface area (Å²) in [5.41, 5.74) is -0.436.